The molecular formula is C4H6O6S. The molecule has 0 aromatic heterocycles. The molecule has 0 amide bonds. The van der Waals surface area contributed by atoms with Crippen LogP contribution in [0.2, 0.25) is 0 Å². The van der Waals surface area contributed by atoms with Gasteiger partial charge < -0.3 is 20.4 Å². The molecule has 4 N–H and O–H groups in total. The minimum Gasteiger partial charge on any atom is -0.479 e. The van der Waals surface area contributed by atoms with E-state index < -0.39 is 22.8 Å². The summed E-state index contributed by atoms with van der Waals surface area (Å²) in [5.41, 5.74) is -3.83. The molecule has 0 rings (SSSR count). The van der Waals surface area contributed by atoms with Gasteiger partial charge in [-0.15, -0.1) is 0 Å². The summed E-state index contributed by atoms with van der Waals surface area (Å²) < 4.78 is 0. The Hall–Kier alpha value is -0.790. The van der Waals surface area contributed by atoms with Crippen LogP contribution in [0.25, 0.3) is 0 Å². The van der Waals surface area contributed by atoms with Crippen molar-refractivity contribution in [1.82, 2.24) is 0 Å². The SMILES string of the molecule is O=C(O)[C@H](O)S[C@@H](O)C(=O)O. The Morgan fingerprint density at radius 1 is 1.00 bits per heavy atom. The average molecular weight is 182 g/mol. The quantitative estimate of drug-likeness (QED) is 0.392. The number of hydrogen-bond donors (Lipinski definition) is 4. The molecule has 11 heavy (non-hydrogen) atoms. The average Bonchev–Trinajstić information content (AvgIpc) is 1.87. The Morgan fingerprint density at radius 3 is 1.45 bits per heavy atom. The lowest BCUT2D eigenvalue weighted by molar-refractivity contribution is -0.142. The van der Waals surface area contributed by atoms with E-state index in [4.69, 9.17) is 20.4 Å². The van der Waals surface area contributed by atoms with Gasteiger partial charge in [0.25, 0.3) is 0 Å². The molecule has 2 atom stereocenters. The standard InChI is InChI=1S/C4H6O6S/c5-1(6)3(9)11-4(10)2(7)8/h3-4,9-10H,(H,5,6)(H,7,8)/t3-,4-/m1/s1. The number of thioether (sulfide) groups is 1. The van der Waals surface area contributed by atoms with Gasteiger partial charge in [-0.2, -0.15) is 0 Å². The van der Waals surface area contributed by atoms with E-state index in [0.717, 1.165) is 0 Å². The van der Waals surface area contributed by atoms with Crippen molar-refractivity contribution in [2.45, 2.75) is 10.9 Å². The smallest absolute Gasteiger partial charge is 0.343 e. The lowest BCUT2D eigenvalue weighted by Crippen LogP contribution is -2.24. The van der Waals surface area contributed by atoms with Gasteiger partial charge in [-0.05, 0) is 0 Å². The molecule has 0 spiro atoms. The fraction of sp³-hybridized carbons (Fsp3) is 0.500. The number of carbonyl (C=O) groups is 2. The van der Waals surface area contributed by atoms with E-state index in [0.29, 0.717) is 0 Å². The predicted molar refractivity (Wildman–Crippen MR) is 34.9 cm³/mol. The van der Waals surface area contributed by atoms with Crippen LogP contribution in [0, 0.1) is 0 Å². The summed E-state index contributed by atoms with van der Waals surface area (Å²) in [6.07, 6.45) is 0. The summed E-state index contributed by atoms with van der Waals surface area (Å²) in [6, 6.07) is 0. The first-order chi connectivity index (χ1) is 4.95. The van der Waals surface area contributed by atoms with E-state index >= 15 is 0 Å². The highest BCUT2D eigenvalue weighted by molar-refractivity contribution is 8.01. The second-order valence-corrected chi connectivity index (χ2v) is 2.68. The highest BCUT2D eigenvalue weighted by Gasteiger charge is 2.23. The lowest BCUT2D eigenvalue weighted by Gasteiger charge is -2.06. The molecule has 0 radical (unpaired) electrons. The van der Waals surface area contributed by atoms with Gasteiger partial charge >= 0.3 is 11.9 Å². The van der Waals surface area contributed by atoms with Crippen molar-refractivity contribution in [1.29, 1.82) is 0 Å². The van der Waals surface area contributed by atoms with Crippen molar-refractivity contribution in [3.05, 3.63) is 0 Å². The molecule has 0 aromatic rings. The monoisotopic (exact) mass is 182 g/mol. The largest absolute Gasteiger partial charge is 0.479 e. The Morgan fingerprint density at radius 2 is 1.27 bits per heavy atom. The molecule has 0 saturated heterocycles. The molecule has 0 unspecified atom stereocenters. The first-order valence-corrected chi connectivity index (χ1v) is 3.36. The molecule has 0 heterocycles. The molecular weight excluding hydrogens is 176 g/mol. The van der Waals surface area contributed by atoms with E-state index in [1.165, 1.54) is 0 Å². The first-order valence-electron chi connectivity index (χ1n) is 2.42. The van der Waals surface area contributed by atoms with E-state index in [9.17, 15) is 9.59 Å². The molecule has 0 bridgehead atoms. The molecule has 0 aliphatic rings. The second kappa shape index (κ2) is 4.16. The van der Waals surface area contributed by atoms with Gasteiger partial charge in [0, 0.05) is 0 Å². The van der Waals surface area contributed by atoms with Crippen molar-refractivity contribution >= 4 is 23.7 Å². The Kier molecular flexibility index (Phi) is 3.86. The van der Waals surface area contributed by atoms with Crippen LogP contribution in [-0.2, 0) is 9.59 Å². The van der Waals surface area contributed by atoms with Crippen LogP contribution in [0.1, 0.15) is 0 Å². The van der Waals surface area contributed by atoms with Crippen molar-refractivity contribution in [2.24, 2.45) is 0 Å². The van der Waals surface area contributed by atoms with Crippen molar-refractivity contribution in [3.8, 4) is 0 Å². The van der Waals surface area contributed by atoms with Crippen molar-refractivity contribution in [2.75, 3.05) is 0 Å². The van der Waals surface area contributed by atoms with Crippen LogP contribution >= 0.6 is 11.8 Å². The maximum Gasteiger partial charge on any atom is 0.343 e. The van der Waals surface area contributed by atoms with Crippen LogP contribution < -0.4 is 0 Å². The maximum atomic E-state index is 9.88. The summed E-state index contributed by atoms with van der Waals surface area (Å²) >= 11 is 0.0278. The van der Waals surface area contributed by atoms with Crippen molar-refractivity contribution < 1.29 is 30.0 Å². The zero-order valence-electron chi connectivity index (χ0n) is 5.17. The Balaban J connectivity index is 3.84. The molecule has 0 saturated carbocycles. The third kappa shape index (κ3) is 3.81. The number of aliphatic hydroxyl groups excluding tert-OH is 2. The Bertz CT molecular complexity index is 150. The van der Waals surface area contributed by atoms with Crippen LogP contribution in [0.3, 0.4) is 0 Å². The van der Waals surface area contributed by atoms with Gasteiger partial charge in [0.1, 0.15) is 0 Å². The first kappa shape index (κ1) is 10.2. The van der Waals surface area contributed by atoms with Crippen molar-refractivity contribution in [3.63, 3.8) is 0 Å². The molecule has 0 aliphatic heterocycles. The van der Waals surface area contributed by atoms with Crippen LogP contribution in [-0.4, -0.2) is 43.2 Å². The third-order valence-corrected chi connectivity index (χ3v) is 1.60. The summed E-state index contributed by atoms with van der Waals surface area (Å²) in [4.78, 5) is 19.8. The molecule has 7 heteroatoms. The lowest BCUT2D eigenvalue weighted by atomic mass is 10.7. The highest BCUT2D eigenvalue weighted by Crippen LogP contribution is 2.13. The molecule has 64 valence electrons. The number of aliphatic hydroxyl groups is 2. The Labute approximate surface area is 65.5 Å². The number of hydrogen-bond acceptors (Lipinski definition) is 5. The second-order valence-electron chi connectivity index (χ2n) is 1.52. The van der Waals surface area contributed by atoms with Gasteiger partial charge in [-0.3, -0.25) is 0 Å². The van der Waals surface area contributed by atoms with E-state index in [-0.39, 0.29) is 11.8 Å². The van der Waals surface area contributed by atoms with Crippen LogP contribution in [0.15, 0.2) is 0 Å². The minimum absolute atomic E-state index is 0.0278. The molecule has 0 fully saturated rings. The minimum atomic E-state index is -1.92. The zero-order valence-corrected chi connectivity index (χ0v) is 5.98. The highest BCUT2D eigenvalue weighted by atomic mass is 32.2. The third-order valence-electron chi connectivity index (χ3n) is 0.680. The summed E-state index contributed by atoms with van der Waals surface area (Å²) in [5.74, 6) is -3.18. The van der Waals surface area contributed by atoms with Crippen LogP contribution in [0.4, 0.5) is 0 Å². The maximum absolute atomic E-state index is 9.88. The summed E-state index contributed by atoms with van der Waals surface area (Å²) in [5, 5.41) is 33.0. The van der Waals surface area contributed by atoms with Gasteiger partial charge in [0.05, 0.1) is 0 Å². The zero-order chi connectivity index (χ0) is 9.02. The number of carboxylic acid groups (broad SMARTS) is 2. The molecule has 6 nitrogen and oxygen atoms in total. The molecule has 0 aliphatic carbocycles. The predicted octanol–water partition coefficient (Wildman–Crippen LogP) is -1.47. The number of aliphatic carboxylic acids is 2. The van der Waals surface area contributed by atoms with Gasteiger partial charge in [-0.1, -0.05) is 11.8 Å². The fourth-order valence-corrected chi connectivity index (χ4v) is 0.716. The topological polar surface area (TPSA) is 115 Å². The van der Waals surface area contributed by atoms with Gasteiger partial charge in [0.2, 0.25) is 10.9 Å². The molecule has 0 aromatic carbocycles. The number of carboxylic acids is 2. The summed E-state index contributed by atoms with van der Waals surface area (Å²) in [7, 11) is 0. The normalized spacial score (nSPS) is 15.5. The van der Waals surface area contributed by atoms with E-state index in [1.54, 1.807) is 0 Å². The fourth-order valence-electron chi connectivity index (χ4n) is 0.239. The van der Waals surface area contributed by atoms with Crippen LogP contribution in [0.5, 0.6) is 0 Å². The van der Waals surface area contributed by atoms with Gasteiger partial charge in [0.15, 0.2) is 0 Å². The van der Waals surface area contributed by atoms with Gasteiger partial charge in [-0.25, -0.2) is 9.59 Å². The van der Waals surface area contributed by atoms with E-state index in [2.05, 4.69) is 0 Å². The number of rotatable bonds is 4. The van der Waals surface area contributed by atoms with E-state index in [1.807, 2.05) is 0 Å². The summed E-state index contributed by atoms with van der Waals surface area (Å²) in [6.45, 7) is 0.